The number of amides is 1. The van der Waals surface area contributed by atoms with E-state index in [1.165, 1.54) is 31.4 Å². The molecule has 3 saturated carbocycles. The molecule has 3 aliphatic carbocycles. The Morgan fingerprint density at radius 1 is 1.15 bits per heavy atom. The minimum absolute atomic E-state index is 0.0352. The molecule has 14 heteroatoms. The Bertz CT molecular complexity index is 1730. The first-order chi connectivity index (χ1) is 19.4. The third-order valence-corrected chi connectivity index (χ3v) is 10.3. The van der Waals surface area contributed by atoms with Crippen molar-refractivity contribution in [2.24, 2.45) is 22.2 Å². The first-order valence-electron chi connectivity index (χ1n) is 13.2. The first-order valence-corrected chi connectivity index (χ1v) is 16.5. The maximum atomic E-state index is 14.1. The molecule has 41 heavy (non-hydrogen) atoms. The highest BCUT2D eigenvalue weighted by Gasteiger charge is 2.54. The van der Waals surface area contributed by atoms with Gasteiger partial charge in [0.05, 0.1) is 19.1 Å². The van der Waals surface area contributed by atoms with Gasteiger partial charge in [0.25, 0.3) is 15.9 Å². The number of nitrogens with zero attached hydrogens (tertiary/aromatic N) is 2. The molecule has 2 atom stereocenters. The van der Waals surface area contributed by atoms with Gasteiger partial charge in [-0.25, -0.2) is 12.8 Å². The van der Waals surface area contributed by atoms with E-state index in [9.17, 15) is 31.1 Å². The number of amidine groups is 1. The number of benzene rings is 2. The molecule has 0 aromatic heterocycles. The molecule has 2 aromatic rings. The average molecular weight is 605 g/mol. The molecule has 1 amide bonds. The van der Waals surface area contributed by atoms with Gasteiger partial charge in [-0.2, -0.15) is 8.42 Å². The fourth-order valence-corrected chi connectivity index (χ4v) is 8.45. The van der Waals surface area contributed by atoms with E-state index in [1.807, 2.05) is 0 Å². The molecule has 2 aliphatic heterocycles. The topological polar surface area (TPSA) is 154 Å². The maximum absolute atomic E-state index is 14.1. The van der Waals surface area contributed by atoms with Gasteiger partial charge in [-0.1, -0.05) is 6.07 Å². The van der Waals surface area contributed by atoms with Crippen LogP contribution in [-0.4, -0.2) is 58.0 Å². The van der Waals surface area contributed by atoms with Gasteiger partial charge < -0.3 is 20.1 Å². The van der Waals surface area contributed by atoms with Crippen molar-refractivity contribution in [3.05, 3.63) is 59.1 Å². The monoisotopic (exact) mass is 604 g/mol. The standard InChI is InChI=1S/C27H29FN4O7S2/c1-39-20-11-14(3-9-18(20)28)13-32-24-16-6-4-15(5-7-16)22(24)25(33)23(27(32)34)26-29-19-10-8-17(30-40(2,35)36)12-21(19)41(37,38)31-26/h3,8-12,15-16,22,24,30,33H,4-7,13H2,1-2H3,(H,29,31). The number of rotatable bonds is 6. The summed E-state index contributed by atoms with van der Waals surface area (Å²) in [5, 5.41) is 14.5. The summed E-state index contributed by atoms with van der Waals surface area (Å²) < 4.78 is 75.1. The number of anilines is 2. The number of methoxy groups -OCH3 is 1. The fourth-order valence-electron chi connectivity index (χ4n) is 6.75. The predicted molar refractivity (Wildman–Crippen MR) is 149 cm³/mol. The molecule has 7 rings (SSSR count). The molecule has 2 heterocycles. The number of ether oxygens (including phenoxy) is 1. The smallest absolute Gasteiger partial charge is 0.286 e. The number of hydrogen-bond acceptors (Lipinski definition) is 8. The summed E-state index contributed by atoms with van der Waals surface area (Å²) in [7, 11) is -6.68. The molecule has 218 valence electrons. The van der Waals surface area contributed by atoms with Gasteiger partial charge in [0.15, 0.2) is 17.4 Å². The highest BCUT2D eigenvalue weighted by molar-refractivity contribution is 7.92. The Labute approximate surface area is 237 Å². The molecule has 5 aliphatic rings. The third kappa shape index (κ3) is 4.82. The number of carbonyl (C=O) groups excluding carboxylic acids is 1. The van der Waals surface area contributed by atoms with Crippen LogP contribution < -0.4 is 14.8 Å². The summed E-state index contributed by atoms with van der Waals surface area (Å²) >= 11 is 0. The van der Waals surface area contributed by atoms with Crippen molar-refractivity contribution < 1.29 is 35.9 Å². The molecular weight excluding hydrogens is 575 g/mol. The zero-order chi connectivity index (χ0) is 29.3. The highest BCUT2D eigenvalue weighted by atomic mass is 32.2. The molecule has 2 bridgehead atoms. The largest absolute Gasteiger partial charge is 0.511 e. The number of aliphatic hydroxyl groups excluding tert-OH is 1. The van der Waals surface area contributed by atoms with E-state index in [4.69, 9.17) is 4.74 Å². The van der Waals surface area contributed by atoms with E-state index in [2.05, 4.69) is 14.4 Å². The van der Waals surface area contributed by atoms with Crippen LogP contribution in [0.25, 0.3) is 0 Å². The number of sulfonamides is 2. The van der Waals surface area contributed by atoms with Crippen LogP contribution in [0.4, 0.5) is 15.8 Å². The molecule has 2 unspecified atom stereocenters. The van der Waals surface area contributed by atoms with Crippen LogP contribution in [0.1, 0.15) is 31.2 Å². The van der Waals surface area contributed by atoms with E-state index in [0.717, 1.165) is 38.0 Å². The van der Waals surface area contributed by atoms with Crippen LogP contribution in [0.2, 0.25) is 0 Å². The van der Waals surface area contributed by atoms with Crippen molar-refractivity contribution in [3.63, 3.8) is 0 Å². The van der Waals surface area contributed by atoms with Crippen molar-refractivity contribution in [1.29, 1.82) is 0 Å². The summed E-state index contributed by atoms with van der Waals surface area (Å²) in [4.78, 5) is 15.5. The van der Waals surface area contributed by atoms with Crippen LogP contribution in [-0.2, 0) is 31.4 Å². The average Bonchev–Trinajstić information content (AvgIpc) is 2.91. The van der Waals surface area contributed by atoms with Crippen LogP contribution in [0.5, 0.6) is 5.75 Å². The zero-order valence-electron chi connectivity index (χ0n) is 22.3. The summed E-state index contributed by atoms with van der Waals surface area (Å²) in [6.07, 6.45) is 4.53. The summed E-state index contributed by atoms with van der Waals surface area (Å²) in [6.45, 7) is 0.105. The van der Waals surface area contributed by atoms with E-state index >= 15 is 0 Å². The minimum atomic E-state index is -4.38. The molecule has 0 spiro atoms. The zero-order valence-corrected chi connectivity index (χ0v) is 23.9. The Morgan fingerprint density at radius 2 is 1.85 bits per heavy atom. The summed E-state index contributed by atoms with van der Waals surface area (Å²) in [5.41, 5.74) is 0.526. The second-order valence-corrected chi connectivity index (χ2v) is 14.3. The first kappa shape index (κ1) is 27.5. The number of fused-ring (bicyclic) bond motifs is 3. The van der Waals surface area contributed by atoms with Crippen molar-refractivity contribution >= 4 is 43.2 Å². The normalized spacial score (nSPS) is 26.6. The molecule has 3 N–H and O–H groups in total. The third-order valence-electron chi connectivity index (χ3n) is 8.41. The lowest BCUT2D eigenvalue weighted by atomic mass is 9.59. The van der Waals surface area contributed by atoms with E-state index < -0.39 is 37.7 Å². The second-order valence-electron chi connectivity index (χ2n) is 11.0. The Kier molecular flexibility index (Phi) is 6.53. The SMILES string of the molecule is COc1cc(CN2C(=O)C(C3=NS(=O)(=O)c4cc(NS(C)(=O)=O)ccc4N3)=C(O)C3C4CCC(CC4)C32)ccc1F. The number of nitrogens with one attached hydrogen (secondary N) is 2. The molecule has 0 saturated heterocycles. The van der Waals surface area contributed by atoms with E-state index in [-0.39, 0.29) is 63.6 Å². The molecule has 11 nitrogen and oxygen atoms in total. The Morgan fingerprint density at radius 3 is 2.54 bits per heavy atom. The van der Waals surface area contributed by atoms with Crippen molar-refractivity contribution in [2.45, 2.75) is 43.2 Å². The van der Waals surface area contributed by atoms with Crippen molar-refractivity contribution in [1.82, 2.24) is 4.90 Å². The lowest BCUT2D eigenvalue weighted by Gasteiger charge is -2.54. The van der Waals surface area contributed by atoms with Crippen LogP contribution in [0.15, 0.2) is 57.0 Å². The Balaban J connectivity index is 1.42. The number of halogens is 1. The van der Waals surface area contributed by atoms with Gasteiger partial charge in [0, 0.05) is 24.2 Å². The minimum Gasteiger partial charge on any atom is -0.511 e. The van der Waals surface area contributed by atoms with Crippen LogP contribution in [0, 0.1) is 23.6 Å². The molecule has 2 aromatic carbocycles. The van der Waals surface area contributed by atoms with Crippen LogP contribution >= 0.6 is 0 Å². The van der Waals surface area contributed by atoms with E-state index in [0.29, 0.717) is 5.56 Å². The molecule has 0 radical (unpaired) electrons. The Hall–Kier alpha value is -3.65. The lowest BCUT2D eigenvalue weighted by molar-refractivity contribution is -0.140. The molecular formula is C27H29FN4O7S2. The quantitative estimate of drug-likeness (QED) is 0.454. The van der Waals surface area contributed by atoms with Gasteiger partial charge >= 0.3 is 0 Å². The van der Waals surface area contributed by atoms with E-state index in [1.54, 1.807) is 11.0 Å². The predicted octanol–water partition coefficient (Wildman–Crippen LogP) is 3.38. The lowest BCUT2D eigenvalue weighted by Crippen LogP contribution is -2.60. The van der Waals surface area contributed by atoms with Crippen molar-refractivity contribution in [2.75, 3.05) is 23.4 Å². The number of carbonyl (C=O) groups is 1. The number of hydrogen-bond donors (Lipinski definition) is 3. The van der Waals surface area contributed by atoms with Gasteiger partial charge in [0.1, 0.15) is 16.2 Å². The van der Waals surface area contributed by atoms with Gasteiger partial charge in [-0.3, -0.25) is 9.52 Å². The van der Waals surface area contributed by atoms with Gasteiger partial charge in [-0.15, -0.1) is 4.40 Å². The highest BCUT2D eigenvalue weighted by Crippen LogP contribution is 2.52. The van der Waals surface area contributed by atoms with Crippen LogP contribution in [0.3, 0.4) is 0 Å². The number of aliphatic hydroxyl groups is 1. The second kappa shape index (κ2) is 9.72. The maximum Gasteiger partial charge on any atom is 0.286 e. The molecule has 3 fully saturated rings. The summed E-state index contributed by atoms with van der Waals surface area (Å²) in [5.74, 6) is -1.69. The van der Waals surface area contributed by atoms with Gasteiger partial charge in [0.2, 0.25) is 10.0 Å². The van der Waals surface area contributed by atoms with Crippen molar-refractivity contribution in [3.8, 4) is 5.75 Å². The van der Waals surface area contributed by atoms with Gasteiger partial charge in [-0.05, 0) is 73.4 Å². The summed E-state index contributed by atoms with van der Waals surface area (Å²) in [6, 6.07) is 7.95. The fraction of sp³-hybridized carbons (Fsp3) is 0.407.